The molecule has 3 nitrogen and oxygen atoms in total. The molecule has 0 aliphatic carbocycles. The van der Waals surface area contributed by atoms with Crippen LogP contribution in [0.5, 0.6) is 5.75 Å². The van der Waals surface area contributed by atoms with E-state index in [1.165, 1.54) is 24.3 Å². The van der Waals surface area contributed by atoms with Crippen molar-refractivity contribution in [3.63, 3.8) is 0 Å². The molecular weight excluding hydrogens is 252 g/mol. The molecule has 2 rings (SSSR count). The SMILES string of the molecule is Cc1ccc(C(=O)Nc2ccc(O)cc2F)cc1F. The Morgan fingerprint density at radius 2 is 1.84 bits per heavy atom. The van der Waals surface area contributed by atoms with E-state index >= 15 is 0 Å². The first-order valence-electron chi connectivity index (χ1n) is 5.53. The lowest BCUT2D eigenvalue weighted by Crippen LogP contribution is -2.13. The predicted molar refractivity (Wildman–Crippen MR) is 67.2 cm³/mol. The first-order chi connectivity index (χ1) is 8.97. The van der Waals surface area contributed by atoms with E-state index in [4.69, 9.17) is 5.11 Å². The summed E-state index contributed by atoms with van der Waals surface area (Å²) < 4.78 is 26.7. The minimum atomic E-state index is -0.763. The Labute approximate surface area is 108 Å². The van der Waals surface area contributed by atoms with Gasteiger partial charge in [0, 0.05) is 11.6 Å². The average molecular weight is 263 g/mol. The van der Waals surface area contributed by atoms with Crippen LogP contribution in [0, 0.1) is 18.6 Å². The highest BCUT2D eigenvalue weighted by molar-refractivity contribution is 6.04. The Balaban J connectivity index is 2.23. The number of hydrogen-bond donors (Lipinski definition) is 2. The molecule has 98 valence electrons. The van der Waals surface area contributed by atoms with Crippen molar-refractivity contribution in [1.29, 1.82) is 0 Å². The number of anilines is 1. The molecule has 0 spiro atoms. The molecule has 0 saturated heterocycles. The molecular formula is C14H11F2NO2. The van der Waals surface area contributed by atoms with Gasteiger partial charge in [0.2, 0.25) is 0 Å². The summed E-state index contributed by atoms with van der Waals surface area (Å²) in [5, 5.41) is 11.4. The molecule has 0 heterocycles. The third-order valence-corrected chi connectivity index (χ3v) is 2.63. The van der Waals surface area contributed by atoms with E-state index in [0.717, 1.165) is 12.1 Å². The van der Waals surface area contributed by atoms with E-state index in [1.807, 2.05) is 0 Å². The van der Waals surface area contributed by atoms with Gasteiger partial charge < -0.3 is 10.4 Å². The van der Waals surface area contributed by atoms with Gasteiger partial charge in [-0.1, -0.05) is 6.07 Å². The number of phenols is 1. The Kier molecular flexibility index (Phi) is 3.46. The van der Waals surface area contributed by atoms with Gasteiger partial charge in [0.15, 0.2) is 0 Å². The van der Waals surface area contributed by atoms with Gasteiger partial charge in [-0.2, -0.15) is 0 Å². The van der Waals surface area contributed by atoms with Crippen molar-refractivity contribution in [1.82, 2.24) is 0 Å². The summed E-state index contributed by atoms with van der Waals surface area (Å²) in [6.07, 6.45) is 0. The van der Waals surface area contributed by atoms with Crippen molar-refractivity contribution in [3.05, 3.63) is 59.2 Å². The van der Waals surface area contributed by atoms with Crippen LogP contribution in [0.2, 0.25) is 0 Å². The highest BCUT2D eigenvalue weighted by atomic mass is 19.1. The number of hydrogen-bond acceptors (Lipinski definition) is 2. The molecule has 5 heteroatoms. The van der Waals surface area contributed by atoms with E-state index < -0.39 is 17.5 Å². The van der Waals surface area contributed by atoms with Crippen LogP contribution in [-0.2, 0) is 0 Å². The smallest absolute Gasteiger partial charge is 0.255 e. The van der Waals surface area contributed by atoms with Crippen molar-refractivity contribution in [3.8, 4) is 5.75 Å². The second-order valence-electron chi connectivity index (χ2n) is 4.08. The van der Waals surface area contributed by atoms with E-state index in [0.29, 0.717) is 5.56 Å². The summed E-state index contributed by atoms with van der Waals surface area (Å²) in [4.78, 5) is 11.8. The normalized spacial score (nSPS) is 10.3. The van der Waals surface area contributed by atoms with E-state index in [-0.39, 0.29) is 17.0 Å². The number of amides is 1. The van der Waals surface area contributed by atoms with E-state index in [2.05, 4.69) is 5.32 Å². The van der Waals surface area contributed by atoms with Crippen molar-refractivity contribution in [2.75, 3.05) is 5.32 Å². The summed E-state index contributed by atoms with van der Waals surface area (Å²) in [6.45, 7) is 1.58. The zero-order valence-electron chi connectivity index (χ0n) is 10.1. The Morgan fingerprint density at radius 3 is 2.47 bits per heavy atom. The molecule has 0 aliphatic heterocycles. The number of aryl methyl sites for hydroxylation is 1. The molecule has 2 aromatic rings. The first-order valence-corrected chi connectivity index (χ1v) is 5.53. The summed E-state index contributed by atoms with van der Waals surface area (Å²) in [6, 6.07) is 7.36. The van der Waals surface area contributed by atoms with E-state index in [1.54, 1.807) is 6.92 Å². The second kappa shape index (κ2) is 5.06. The van der Waals surface area contributed by atoms with Gasteiger partial charge in [-0.15, -0.1) is 0 Å². The molecule has 0 aliphatic rings. The number of benzene rings is 2. The van der Waals surface area contributed by atoms with Crippen LogP contribution in [0.3, 0.4) is 0 Å². The summed E-state index contributed by atoms with van der Waals surface area (Å²) in [7, 11) is 0. The lowest BCUT2D eigenvalue weighted by Gasteiger charge is -2.07. The molecule has 2 aromatic carbocycles. The number of carbonyl (C=O) groups is 1. The number of nitrogens with one attached hydrogen (secondary N) is 1. The Hall–Kier alpha value is -2.43. The second-order valence-corrected chi connectivity index (χ2v) is 4.08. The van der Waals surface area contributed by atoms with Gasteiger partial charge in [-0.05, 0) is 36.8 Å². The molecule has 0 saturated carbocycles. The number of rotatable bonds is 2. The van der Waals surface area contributed by atoms with Crippen molar-refractivity contribution in [2.24, 2.45) is 0 Å². The topological polar surface area (TPSA) is 49.3 Å². The standard InChI is InChI=1S/C14H11F2NO2/c1-8-2-3-9(6-11(8)15)14(19)17-13-5-4-10(18)7-12(13)16/h2-7,18H,1H3,(H,17,19). The molecule has 0 atom stereocenters. The summed E-state index contributed by atoms with van der Waals surface area (Å²) in [5.74, 6) is -2.12. The monoisotopic (exact) mass is 263 g/mol. The van der Waals surface area contributed by atoms with Gasteiger partial charge >= 0.3 is 0 Å². The summed E-state index contributed by atoms with van der Waals surface area (Å²) >= 11 is 0. The molecule has 1 amide bonds. The Morgan fingerprint density at radius 1 is 1.11 bits per heavy atom. The summed E-state index contributed by atoms with van der Waals surface area (Å²) in [5.41, 5.74) is 0.437. The van der Waals surface area contributed by atoms with Crippen LogP contribution in [0.25, 0.3) is 0 Å². The molecule has 0 radical (unpaired) electrons. The van der Waals surface area contributed by atoms with Gasteiger partial charge in [0.25, 0.3) is 5.91 Å². The maximum Gasteiger partial charge on any atom is 0.255 e. The minimum absolute atomic E-state index is 0.0798. The van der Waals surface area contributed by atoms with Crippen molar-refractivity contribution in [2.45, 2.75) is 6.92 Å². The quantitative estimate of drug-likeness (QED) is 0.817. The van der Waals surface area contributed by atoms with Crippen LogP contribution in [0.15, 0.2) is 36.4 Å². The minimum Gasteiger partial charge on any atom is -0.508 e. The predicted octanol–water partition coefficient (Wildman–Crippen LogP) is 3.23. The zero-order chi connectivity index (χ0) is 14.0. The lowest BCUT2D eigenvalue weighted by atomic mass is 10.1. The number of aromatic hydroxyl groups is 1. The number of carbonyl (C=O) groups excluding carboxylic acids is 1. The Bertz CT molecular complexity index is 641. The molecule has 0 bridgehead atoms. The third kappa shape index (κ3) is 2.88. The van der Waals surface area contributed by atoms with Gasteiger partial charge in [-0.25, -0.2) is 8.78 Å². The van der Waals surface area contributed by atoms with Crippen LogP contribution in [0.1, 0.15) is 15.9 Å². The van der Waals surface area contributed by atoms with Crippen molar-refractivity contribution >= 4 is 11.6 Å². The number of phenolic OH excluding ortho intramolecular Hbond substituents is 1. The maximum absolute atomic E-state index is 13.4. The zero-order valence-corrected chi connectivity index (χ0v) is 10.1. The fourth-order valence-electron chi connectivity index (χ4n) is 1.53. The van der Waals surface area contributed by atoms with Crippen LogP contribution < -0.4 is 5.32 Å². The fourth-order valence-corrected chi connectivity index (χ4v) is 1.53. The highest BCUT2D eigenvalue weighted by Gasteiger charge is 2.11. The van der Waals surface area contributed by atoms with Crippen LogP contribution in [-0.4, -0.2) is 11.0 Å². The van der Waals surface area contributed by atoms with Gasteiger partial charge in [-0.3, -0.25) is 4.79 Å². The molecule has 19 heavy (non-hydrogen) atoms. The first kappa shape index (κ1) is 13.0. The van der Waals surface area contributed by atoms with Crippen molar-refractivity contribution < 1.29 is 18.7 Å². The van der Waals surface area contributed by atoms with Gasteiger partial charge in [0.05, 0.1) is 5.69 Å². The molecule has 0 fully saturated rings. The molecule has 2 N–H and O–H groups in total. The highest BCUT2D eigenvalue weighted by Crippen LogP contribution is 2.20. The maximum atomic E-state index is 13.4. The fraction of sp³-hybridized carbons (Fsp3) is 0.0714. The van der Waals surface area contributed by atoms with E-state index in [9.17, 15) is 13.6 Å². The molecule has 0 unspecified atom stereocenters. The average Bonchev–Trinajstić information content (AvgIpc) is 2.36. The largest absolute Gasteiger partial charge is 0.508 e. The number of halogens is 2. The lowest BCUT2D eigenvalue weighted by molar-refractivity contribution is 0.102. The third-order valence-electron chi connectivity index (χ3n) is 2.63. The molecule has 0 aromatic heterocycles. The van der Waals surface area contributed by atoms with Gasteiger partial charge in [0.1, 0.15) is 17.4 Å². The van der Waals surface area contributed by atoms with Crippen LogP contribution >= 0.6 is 0 Å². The van der Waals surface area contributed by atoms with Crippen LogP contribution in [0.4, 0.5) is 14.5 Å².